The molecule has 5 rings (SSSR count). The summed E-state index contributed by atoms with van der Waals surface area (Å²) in [5, 5.41) is 1.21. The fraction of sp³-hybridized carbons (Fsp3) is 0.192. The third-order valence-corrected chi connectivity index (χ3v) is 6.90. The monoisotopic (exact) mass is 412 g/mol. The first-order valence-electron chi connectivity index (χ1n) is 10.4. The highest BCUT2D eigenvalue weighted by Gasteiger charge is 2.36. The topological polar surface area (TPSA) is 23.6 Å². The molecule has 1 aliphatic heterocycles. The third kappa shape index (κ3) is 3.89. The van der Waals surface area contributed by atoms with Gasteiger partial charge in [-0.25, -0.2) is 0 Å². The van der Waals surface area contributed by atoms with Gasteiger partial charge in [-0.3, -0.25) is 9.69 Å². The van der Waals surface area contributed by atoms with E-state index in [1.807, 2.05) is 29.2 Å². The lowest BCUT2D eigenvalue weighted by atomic mass is 10.1. The Labute approximate surface area is 181 Å². The van der Waals surface area contributed by atoms with E-state index in [-0.39, 0.29) is 11.9 Å². The van der Waals surface area contributed by atoms with Crippen LogP contribution in [0.3, 0.4) is 0 Å². The summed E-state index contributed by atoms with van der Waals surface area (Å²) in [6, 6.07) is 31.1. The summed E-state index contributed by atoms with van der Waals surface area (Å²) in [6.45, 7) is 3.07. The summed E-state index contributed by atoms with van der Waals surface area (Å²) in [5.74, 6) is 0.201. The van der Waals surface area contributed by atoms with Gasteiger partial charge in [0.25, 0.3) is 0 Å². The highest BCUT2D eigenvalue weighted by atomic mass is 32.1. The number of piperazine rings is 1. The van der Waals surface area contributed by atoms with Gasteiger partial charge in [-0.15, -0.1) is 11.3 Å². The van der Waals surface area contributed by atoms with Crippen LogP contribution in [0.15, 0.2) is 91.0 Å². The molecule has 1 aliphatic rings. The number of thiophene rings is 1. The van der Waals surface area contributed by atoms with Gasteiger partial charge in [-0.1, -0.05) is 78.9 Å². The van der Waals surface area contributed by atoms with Crippen molar-refractivity contribution in [1.29, 1.82) is 0 Å². The molecule has 0 radical (unpaired) electrons. The second kappa shape index (κ2) is 8.42. The smallest absolute Gasteiger partial charge is 0.245 e. The molecule has 3 aromatic carbocycles. The molecule has 4 aromatic rings. The average Bonchev–Trinajstić information content (AvgIpc) is 3.21. The van der Waals surface area contributed by atoms with Crippen LogP contribution in [0.2, 0.25) is 0 Å². The molecule has 2 heterocycles. The molecule has 1 saturated heterocycles. The summed E-state index contributed by atoms with van der Waals surface area (Å²) in [7, 11) is 0. The predicted octanol–water partition coefficient (Wildman–Crippen LogP) is 5.49. The Bertz CT molecular complexity index is 1110. The lowest BCUT2D eigenvalue weighted by Gasteiger charge is -2.40. The first-order chi connectivity index (χ1) is 14.8. The van der Waals surface area contributed by atoms with Crippen LogP contribution in [-0.4, -0.2) is 28.8 Å². The molecule has 0 aliphatic carbocycles. The van der Waals surface area contributed by atoms with Gasteiger partial charge in [0.1, 0.15) is 6.04 Å². The zero-order chi connectivity index (χ0) is 20.3. The van der Waals surface area contributed by atoms with Crippen LogP contribution >= 0.6 is 11.3 Å². The Balaban J connectivity index is 1.47. The second-order valence-corrected chi connectivity index (χ2v) is 8.91. The second-order valence-electron chi connectivity index (χ2n) is 7.79. The number of carbonyl (C=O) groups excluding carboxylic acids is 1. The number of hydrogen-bond donors (Lipinski definition) is 0. The Hall–Kier alpha value is -2.95. The average molecular weight is 413 g/mol. The first kappa shape index (κ1) is 19.0. The molecule has 3 nitrogen and oxygen atoms in total. The summed E-state index contributed by atoms with van der Waals surface area (Å²) >= 11 is 1.74. The van der Waals surface area contributed by atoms with Gasteiger partial charge < -0.3 is 4.90 Å². The van der Waals surface area contributed by atoms with Crippen molar-refractivity contribution in [2.75, 3.05) is 13.1 Å². The van der Waals surface area contributed by atoms with Crippen molar-refractivity contribution in [2.45, 2.75) is 19.1 Å². The molecule has 4 heteroatoms. The van der Waals surface area contributed by atoms with Gasteiger partial charge in [-0.2, -0.15) is 0 Å². The maximum Gasteiger partial charge on any atom is 0.245 e. The van der Waals surface area contributed by atoms with Crippen molar-refractivity contribution < 1.29 is 4.79 Å². The van der Waals surface area contributed by atoms with Crippen molar-refractivity contribution in [2.24, 2.45) is 0 Å². The number of nitrogens with zero attached hydrogens (tertiary/aromatic N) is 2. The number of fused-ring (bicyclic) bond motifs is 1. The molecule has 0 saturated carbocycles. The van der Waals surface area contributed by atoms with E-state index in [9.17, 15) is 4.79 Å². The van der Waals surface area contributed by atoms with Crippen LogP contribution < -0.4 is 0 Å². The van der Waals surface area contributed by atoms with Gasteiger partial charge in [0.05, 0.1) is 0 Å². The minimum absolute atomic E-state index is 0.201. The van der Waals surface area contributed by atoms with E-state index in [1.165, 1.54) is 21.2 Å². The number of rotatable bonds is 5. The number of hydrogen-bond acceptors (Lipinski definition) is 3. The summed E-state index contributed by atoms with van der Waals surface area (Å²) < 4.78 is 1.24. The molecule has 1 fully saturated rings. The normalized spacial score (nSPS) is 17.5. The molecule has 0 N–H and O–H groups in total. The van der Waals surface area contributed by atoms with Crippen molar-refractivity contribution in [3.63, 3.8) is 0 Å². The number of amides is 1. The van der Waals surface area contributed by atoms with Crippen LogP contribution in [0.25, 0.3) is 10.1 Å². The molecule has 1 aromatic heterocycles. The molecule has 0 spiro atoms. The van der Waals surface area contributed by atoms with Gasteiger partial charge in [-0.05, 0) is 28.6 Å². The van der Waals surface area contributed by atoms with Crippen molar-refractivity contribution in [1.82, 2.24) is 9.80 Å². The van der Waals surface area contributed by atoms with Crippen LogP contribution in [0.1, 0.15) is 22.0 Å². The van der Waals surface area contributed by atoms with Crippen molar-refractivity contribution in [3.8, 4) is 0 Å². The molecule has 1 unspecified atom stereocenters. The largest absolute Gasteiger partial charge is 0.335 e. The highest BCUT2D eigenvalue weighted by molar-refractivity contribution is 7.19. The molecule has 150 valence electrons. The van der Waals surface area contributed by atoms with Gasteiger partial charge >= 0.3 is 0 Å². The lowest BCUT2D eigenvalue weighted by Crippen LogP contribution is -2.51. The molecular formula is C26H24N2OS. The van der Waals surface area contributed by atoms with E-state index >= 15 is 0 Å². The standard InChI is InChI=1S/C26H24N2OS/c29-26-25(24-17-22-13-7-8-14-23(22)30-24)27(18-20-9-3-1-4-10-20)15-16-28(26)19-21-11-5-2-6-12-21/h1-14,17,25H,15-16,18-19H2. The quantitative estimate of drug-likeness (QED) is 0.433. The molecule has 0 bridgehead atoms. The Morgan fingerprint density at radius 3 is 2.10 bits per heavy atom. The van der Waals surface area contributed by atoms with Crippen LogP contribution in [-0.2, 0) is 17.9 Å². The molecular weight excluding hydrogens is 388 g/mol. The maximum atomic E-state index is 13.7. The van der Waals surface area contributed by atoms with Crippen LogP contribution in [0.5, 0.6) is 0 Å². The fourth-order valence-electron chi connectivity index (χ4n) is 4.21. The minimum atomic E-state index is -0.236. The van der Waals surface area contributed by atoms with Gasteiger partial charge in [0.15, 0.2) is 0 Å². The summed E-state index contributed by atoms with van der Waals surface area (Å²) in [4.78, 5) is 19.2. The summed E-state index contributed by atoms with van der Waals surface area (Å²) in [6.07, 6.45) is 0. The van der Waals surface area contributed by atoms with E-state index in [0.29, 0.717) is 6.54 Å². The lowest BCUT2D eigenvalue weighted by molar-refractivity contribution is -0.143. The Morgan fingerprint density at radius 2 is 1.40 bits per heavy atom. The zero-order valence-corrected chi connectivity index (χ0v) is 17.6. The Morgan fingerprint density at radius 1 is 0.767 bits per heavy atom. The third-order valence-electron chi connectivity index (χ3n) is 5.73. The van der Waals surface area contributed by atoms with E-state index in [2.05, 4.69) is 71.6 Å². The fourth-order valence-corrected chi connectivity index (χ4v) is 5.40. The number of benzene rings is 3. The summed E-state index contributed by atoms with van der Waals surface area (Å²) in [5.41, 5.74) is 2.42. The predicted molar refractivity (Wildman–Crippen MR) is 123 cm³/mol. The van der Waals surface area contributed by atoms with Crippen molar-refractivity contribution in [3.05, 3.63) is 107 Å². The van der Waals surface area contributed by atoms with Crippen molar-refractivity contribution >= 4 is 27.3 Å². The maximum absolute atomic E-state index is 13.7. The zero-order valence-electron chi connectivity index (χ0n) is 16.8. The molecule has 1 atom stereocenters. The van der Waals surface area contributed by atoms with E-state index in [1.54, 1.807) is 11.3 Å². The van der Waals surface area contributed by atoms with E-state index in [0.717, 1.165) is 24.5 Å². The SMILES string of the molecule is O=C1C(c2cc3ccccc3s2)N(Cc2ccccc2)CCN1Cc1ccccc1. The van der Waals surface area contributed by atoms with E-state index < -0.39 is 0 Å². The van der Waals surface area contributed by atoms with Crippen LogP contribution in [0.4, 0.5) is 0 Å². The molecule has 1 amide bonds. The highest BCUT2D eigenvalue weighted by Crippen LogP contribution is 2.36. The first-order valence-corrected chi connectivity index (χ1v) is 11.2. The van der Waals surface area contributed by atoms with E-state index in [4.69, 9.17) is 0 Å². The van der Waals surface area contributed by atoms with Gasteiger partial charge in [0.2, 0.25) is 5.91 Å². The Kier molecular flexibility index (Phi) is 5.35. The minimum Gasteiger partial charge on any atom is -0.335 e. The van der Waals surface area contributed by atoms with Crippen LogP contribution in [0, 0.1) is 0 Å². The number of carbonyl (C=O) groups is 1. The van der Waals surface area contributed by atoms with Gasteiger partial charge in [0, 0.05) is 35.8 Å². The molecule has 30 heavy (non-hydrogen) atoms.